The molecule has 0 bridgehead atoms. The zero-order chi connectivity index (χ0) is 10.4. The Kier molecular flexibility index (Phi) is 4.63. The van der Waals surface area contributed by atoms with Crippen LogP contribution in [0, 0.1) is 0 Å². The second-order valence-electron chi connectivity index (χ2n) is 3.69. The van der Waals surface area contributed by atoms with Crippen molar-refractivity contribution in [3.63, 3.8) is 0 Å². The number of benzene rings is 1. The lowest BCUT2D eigenvalue weighted by molar-refractivity contribution is -0.273. The second-order valence-corrected chi connectivity index (χ2v) is 3.69. The highest BCUT2D eigenvalue weighted by Crippen LogP contribution is 2.09. The Balaban J connectivity index is 2.54. The predicted octanol–water partition coefficient (Wildman–Crippen LogP) is 3.06. The van der Waals surface area contributed by atoms with E-state index in [9.17, 15) is 0 Å². The van der Waals surface area contributed by atoms with Crippen LogP contribution in [0.2, 0.25) is 0 Å². The van der Waals surface area contributed by atoms with E-state index in [0.29, 0.717) is 0 Å². The van der Waals surface area contributed by atoms with Crippen LogP contribution >= 0.6 is 0 Å². The molecule has 0 aliphatic rings. The average molecular weight is 194 g/mol. The quantitative estimate of drug-likeness (QED) is 0.576. The molecule has 2 heteroatoms. The van der Waals surface area contributed by atoms with E-state index in [2.05, 4.69) is 36.1 Å². The molecule has 0 aliphatic heterocycles. The minimum absolute atomic E-state index is 0.132. The summed E-state index contributed by atoms with van der Waals surface area (Å²) < 4.78 is 0. The fraction of sp³-hybridized carbons (Fsp3) is 0.500. The van der Waals surface area contributed by atoms with Gasteiger partial charge in [-0.25, -0.2) is 4.89 Å². The first kappa shape index (κ1) is 11.2. The average Bonchev–Trinajstić information content (AvgIpc) is 2.21. The third-order valence-corrected chi connectivity index (χ3v) is 2.26. The topological polar surface area (TPSA) is 29.5 Å². The molecule has 2 nitrogen and oxygen atoms in total. The Hall–Kier alpha value is -0.860. The molecule has 0 saturated heterocycles. The standard InChI is InChI=1S/C12H18O2/c1-3-4-11-5-7-12(8-6-11)9-10(2)14-13/h5-8,10,13H,3-4,9H2,1-2H3. The summed E-state index contributed by atoms with van der Waals surface area (Å²) in [7, 11) is 0. The van der Waals surface area contributed by atoms with E-state index >= 15 is 0 Å². The monoisotopic (exact) mass is 194 g/mol. The molecule has 0 aliphatic carbocycles. The normalized spacial score (nSPS) is 12.8. The van der Waals surface area contributed by atoms with Gasteiger partial charge in [0.1, 0.15) is 0 Å². The largest absolute Gasteiger partial charge is 0.252 e. The van der Waals surface area contributed by atoms with E-state index < -0.39 is 0 Å². The molecule has 0 spiro atoms. The van der Waals surface area contributed by atoms with E-state index in [1.165, 1.54) is 17.5 Å². The fourth-order valence-electron chi connectivity index (χ4n) is 1.50. The van der Waals surface area contributed by atoms with Crippen LogP contribution in [0.3, 0.4) is 0 Å². The van der Waals surface area contributed by atoms with E-state index in [-0.39, 0.29) is 6.10 Å². The molecule has 1 aromatic rings. The van der Waals surface area contributed by atoms with Crippen LogP contribution in [0.4, 0.5) is 0 Å². The summed E-state index contributed by atoms with van der Waals surface area (Å²) in [6.45, 7) is 4.02. The van der Waals surface area contributed by atoms with Crippen LogP contribution in [0.25, 0.3) is 0 Å². The van der Waals surface area contributed by atoms with Gasteiger partial charge in [-0.1, -0.05) is 37.6 Å². The first-order valence-corrected chi connectivity index (χ1v) is 5.14. The molecule has 0 aromatic heterocycles. The van der Waals surface area contributed by atoms with Gasteiger partial charge in [0, 0.05) is 6.42 Å². The first-order chi connectivity index (χ1) is 6.76. The van der Waals surface area contributed by atoms with Gasteiger partial charge in [0.05, 0.1) is 6.10 Å². The maximum atomic E-state index is 8.43. The second kappa shape index (κ2) is 5.78. The molecule has 1 unspecified atom stereocenters. The molecule has 14 heavy (non-hydrogen) atoms. The third kappa shape index (κ3) is 3.48. The molecular weight excluding hydrogens is 176 g/mol. The molecule has 78 valence electrons. The van der Waals surface area contributed by atoms with E-state index in [0.717, 1.165) is 12.8 Å². The lowest BCUT2D eigenvalue weighted by Crippen LogP contribution is -2.08. The molecule has 1 aromatic carbocycles. The number of hydrogen-bond donors (Lipinski definition) is 1. The van der Waals surface area contributed by atoms with Crippen LogP contribution in [0.15, 0.2) is 24.3 Å². The highest BCUT2D eigenvalue weighted by molar-refractivity contribution is 5.23. The Morgan fingerprint density at radius 1 is 1.21 bits per heavy atom. The fourth-order valence-corrected chi connectivity index (χ4v) is 1.50. The van der Waals surface area contributed by atoms with E-state index in [1.54, 1.807) is 0 Å². The van der Waals surface area contributed by atoms with Gasteiger partial charge in [-0.05, 0) is 24.5 Å². The highest BCUT2D eigenvalue weighted by atomic mass is 17.1. The molecule has 1 atom stereocenters. The van der Waals surface area contributed by atoms with Crippen LogP contribution in [0.1, 0.15) is 31.4 Å². The Labute approximate surface area is 85.5 Å². The van der Waals surface area contributed by atoms with E-state index in [1.807, 2.05) is 6.92 Å². The van der Waals surface area contributed by atoms with Gasteiger partial charge in [-0.3, -0.25) is 5.26 Å². The predicted molar refractivity (Wildman–Crippen MR) is 57.3 cm³/mol. The number of rotatable bonds is 5. The van der Waals surface area contributed by atoms with Gasteiger partial charge >= 0.3 is 0 Å². The first-order valence-electron chi connectivity index (χ1n) is 5.14. The van der Waals surface area contributed by atoms with Crippen molar-refractivity contribution in [1.82, 2.24) is 0 Å². The minimum atomic E-state index is -0.132. The van der Waals surface area contributed by atoms with E-state index in [4.69, 9.17) is 5.26 Å². The van der Waals surface area contributed by atoms with Crippen molar-refractivity contribution in [3.8, 4) is 0 Å². The molecule has 0 heterocycles. The van der Waals surface area contributed by atoms with Crippen LogP contribution < -0.4 is 0 Å². The lowest BCUT2D eigenvalue weighted by atomic mass is 10.0. The molecule has 1 N–H and O–H groups in total. The molecule has 0 radical (unpaired) electrons. The number of hydrogen-bond acceptors (Lipinski definition) is 2. The maximum Gasteiger partial charge on any atom is 0.0939 e. The zero-order valence-electron chi connectivity index (χ0n) is 8.86. The Morgan fingerprint density at radius 2 is 1.79 bits per heavy atom. The van der Waals surface area contributed by atoms with Crippen molar-refractivity contribution in [1.29, 1.82) is 0 Å². The maximum absolute atomic E-state index is 8.43. The summed E-state index contributed by atoms with van der Waals surface area (Å²) in [6.07, 6.45) is 2.93. The van der Waals surface area contributed by atoms with Crippen molar-refractivity contribution in [2.45, 2.75) is 39.2 Å². The summed E-state index contributed by atoms with van der Waals surface area (Å²) in [5, 5.41) is 8.43. The van der Waals surface area contributed by atoms with Gasteiger partial charge in [0.2, 0.25) is 0 Å². The van der Waals surface area contributed by atoms with Gasteiger partial charge in [0.25, 0.3) is 0 Å². The number of aryl methyl sites for hydroxylation is 1. The summed E-state index contributed by atoms with van der Waals surface area (Å²) in [5.74, 6) is 0. The van der Waals surface area contributed by atoms with Crippen molar-refractivity contribution >= 4 is 0 Å². The molecule has 1 rings (SSSR count). The summed E-state index contributed by atoms with van der Waals surface area (Å²) in [6, 6.07) is 8.48. The minimum Gasteiger partial charge on any atom is -0.252 e. The molecular formula is C12H18O2. The van der Waals surface area contributed by atoms with Crippen LogP contribution in [-0.2, 0) is 17.7 Å². The van der Waals surface area contributed by atoms with Gasteiger partial charge in [-0.15, -0.1) is 0 Å². The zero-order valence-corrected chi connectivity index (χ0v) is 8.86. The molecule has 0 saturated carbocycles. The van der Waals surface area contributed by atoms with Gasteiger partial charge in [0.15, 0.2) is 0 Å². The van der Waals surface area contributed by atoms with Crippen LogP contribution in [0.5, 0.6) is 0 Å². The Bertz CT molecular complexity index is 254. The third-order valence-electron chi connectivity index (χ3n) is 2.26. The van der Waals surface area contributed by atoms with Gasteiger partial charge in [-0.2, -0.15) is 0 Å². The summed E-state index contributed by atoms with van der Waals surface area (Å²) >= 11 is 0. The lowest BCUT2D eigenvalue weighted by Gasteiger charge is -2.07. The van der Waals surface area contributed by atoms with Crippen molar-refractivity contribution in [2.75, 3.05) is 0 Å². The van der Waals surface area contributed by atoms with Gasteiger partial charge < -0.3 is 0 Å². The summed E-state index contributed by atoms with van der Waals surface area (Å²) in [4.78, 5) is 4.23. The smallest absolute Gasteiger partial charge is 0.0939 e. The SMILES string of the molecule is CCCc1ccc(CC(C)OO)cc1. The Morgan fingerprint density at radius 3 is 2.29 bits per heavy atom. The highest BCUT2D eigenvalue weighted by Gasteiger charge is 2.02. The summed E-state index contributed by atoms with van der Waals surface area (Å²) in [5.41, 5.74) is 2.57. The van der Waals surface area contributed by atoms with Crippen molar-refractivity contribution < 1.29 is 10.1 Å². The van der Waals surface area contributed by atoms with Crippen molar-refractivity contribution in [3.05, 3.63) is 35.4 Å². The van der Waals surface area contributed by atoms with Crippen LogP contribution in [-0.4, -0.2) is 11.4 Å². The molecule has 0 fully saturated rings. The van der Waals surface area contributed by atoms with Crippen molar-refractivity contribution in [2.24, 2.45) is 0 Å². The molecule has 0 amide bonds.